The van der Waals surface area contributed by atoms with Crippen LogP contribution in [0.25, 0.3) is 0 Å². The van der Waals surface area contributed by atoms with E-state index in [1.54, 1.807) is 11.8 Å². The number of carbonyl (C=O) groups is 1. The Morgan fingerprint density at radius 1 is 1.26 bits per heavy atom. The van der Waals surface area contributed by atoms with Crippen molar-refractivity contribution < 1.29 is 4.79 Å². The summed E-state index contributed by atoms with van der Waals surface area (Å²) in [4.78, 5) is 23.2. The largest absolute Gasteiger partial charge is 0.348 e. The molecular weight excluding hydrogens is 512 g/mol. The van der Waals surface area contributed by atoms with Crippen LogP contribution in [-0.4, -0.2) is 55.1 Å². The quantitative estimate of drug-likeness (QED) is 0.107. The van der Waals surface area contributed by atoms with Crippen molar-refractivity contribution in [2.75, 3.05) is 37.7 Å². The molecule has 0 aromatic heterocycles. The summed E-state index contributed by atoms with van der Waals surface area (Å²) in [6.07, 6.45) is 11.3. The van der Waals surface area contributed by atoms with E-state index in [1.165, 1.54) is 0 Å². The highest BCUT2D eigenvalue weighted by Gasteiger charge is 2.45. The monoisotopic (exact) mass is 554 g/mol. The minimum atomic E-state index is -0.235. The Balaban J connectivity index is 1.90. The molecule has 7 heteroatoms. The fraction of sp³-hybridized carbons (Fsp3) is 0.484. The van der Waals surface area contributed by atoms with E-state index in [9.17, 15) is 4.79 Å². The average molecular weight is 555 g/mol. The molecule has 2 aliphatic rings. The van der Waals surface area contributed by atoms with E-state index in [4.69, 9.17) is 11.6 Å². The molecule has 0 saturated carbocycles. The van der Waals surface area contributed by atoms with Crippen LogP contribution >= 0.6 is 23.4 Å². The summed E-state index contributed by atoms with van der Waals surface area (Å²) >= 11 is 8.45. The number of nitrogens with zero attached hydrogens (tertiary/aromatic N) is 3. The minimum absolute atomic E-state index is 0.0109. The van der Waals surface area contributed by atoms with Gasteiger partial charge in [-0.1, -0.05) is 87.4 Å². The molecule has 1 aliphatic carbocycles. The van der Waals surface area contributed by atoms with E-state index >= 15 is 0 Å². The van der Waals surface area contributed by atoms with Gasteiger partial charge < -0.3 is 15.1 Å². The van der Waals surface area contributed by atoms with Crippen molar-refractivity contribution in [3.05, 3.63) is 70.7 Å². The number of nitrogens with one attached hydrogen (secondary N) is 1. The Labute approximate surface area is 238 Å². The first-order valence-electron chi connectivity index (χ1n) is 13.7. The average Bonchev–Trinajstić information content (AvgIpc) is 3.20. The molecule has 3 rings (SSSR count). The number of benzene rings is 1. The van der Waals surface area contributed by atoms with Crippen LogP contribution in [0, 0.1) is 11.8 Å². The second-order valence-electron chi connectivity index (χ2n) is 10.4. The SMILES string of the molecule is C=Nc1ccccc1N(CC(=C)C(C)CNCCC)CN(CCCC)C(=O)C1=C(Cl)C2C=CC=CC2(C)S1. The second kappa shape index (κ2) is 14.2. The number of amides is 1. The van der Waals surface area contributed by atoms with Crippen LogP contribution in [0.3, 0.4) is 0 Å². The zero-order valence-corrected chi connectivity index (χ0v) is 25.0. The summed E-state index contributed by atoms with van der Waals surface area (Å²) in [6.45, 7) is 20.4. The second-order valence-corrected chi connectivity index (χ2v) is 12.3. The maximum atomic E-state index is 14.1. The van der Waals surface area contributed by atoms with Crippen molar-refractivity contribution in [1.29, 1.82) is 0 Å². The summed E-state index contributed by atoms with van der Waals surface area (Å²) in [5, 5.41) is 4.14. The number of unbranched alkanes of at least 4 members (excludes halogenated alkanes) is 1. The molecule has 0 fully saturated rings. The van der Waals surface area contributed by atoms with Gasteiger partial charge in [0, 0.05) is 35.3 Å². The fourth-order valence-electron chi connectivity index (χ4n) is 4.76. The third-order valence-electron chi connectivity index (χ3n) is 7.24. The van der Waals surface area contributed by atoms with Gasteiger partial charge in [-0.25, -0.2) is 0 Å². The molecule has 0 spiro atoms. The molecule has 1 aliphatic heterocycles. The molecule has 1 amide bonds. The summed E-state index contributed by atoms with van der Waals surface area (Å²) in [5.41, 5.74) is 2.84. The van der Waals surface area contributed by atoms with Gasteiger partial charge in [-0.05, 0) is 51.1 Å². The van der Waals surface area contributed by atoms with E-state index in [1.807, 2.05) is 41.3 Å². The molecule has 1 N–H and O–H groups in total. The Morgan fingerprint density at radius 3 is 2.71 bits per heavy atom. The minimum Gasteiger partial charge on any atom is -0.348 e. The molecule has 38 heavy (non-hydrogen) atoms. The van der Waals surface area contributed by atoms with Crippen molar-refractivity contribution in [1.82, 2.24) is 10.2 Å². The van der Waals surface area contributed by atoms with Crippen LogP contribution in [0.15, 0.2) is 75.7 Å². The van der Waals surface area contributed by atoms with Crippen LogP contribution < -0.4 is 10.2 Å². The Bertz CT molecular complexity index is 1100. The standard InChI is InChI=1S/C31H43ClN4OS/c1-7-9-19-35(30(37)29-28(32)25-14-12-13-17-31(25,5)38-29)22-36(27-16-11-10-15-26(27)33-6)21-24(4)23(3)20-34-18-8-2/h10-17,23,25,34H,4,6-9,18-22H2,1-3,5H3. The van der Waals surface area contributed by atoms with Gasteiger partial charge in [0.15, 0.2) is 0 Å². The number of thioether (sulfide) groups is 1. The summed E-state index contributed by atoms with van der Waals surface area (Å²) in [5.74, 6) is 0.296. The number of carbonyl (C=O) groups excluding carboxylic acids is 1. The van der Waals surface area contributed by atoms with Crippen molar-refractivity contribution in [3.8, 4) is 0 Å². The summed E-state index contributed by atoms with van der Waals surface area (Å²) in [6, 6.07) is 7.96. The molecule has 1 aromatic carbocycles. The maximum Gasteiger partial charge on any atom is 0.262 e. The number of hydrogen-bond acceptors (Lipinski definition) is 5. The van der Waals surface area contributed by atoms with Crippen LogP contribution in [0.1, 0.15) is 47.0 Å². The van der Waals surface area contributed by atoms with Gasteiger partial charge >= 0.3 is 0 Å². The van der Waals surface area contributed by atoms with Crippen molar-refractivity contribution in [2.45, 2.75) is 51.7 Å². The molecule has 1 aromatic rings. The van der Waals surface area contributed by atoms with Crippen LogP contribution in [0.2, 0.25) is 0 Å². The Hall–Kier alpha value is -2.28. The maximum absolute atomic E-state index is 14.1. The lowest BCUT2D eigenvalue weighted by Crippen LogP contribution is -2.44. The normalized spacial score (nSPS) is 20.8. The Kier molecular flexibility index (Phi) is 11.3. The third kappa shape index (κ3) is 7.22. The van der Waals surface area contributed by atoms with Crippen molar-refractivity contribution in [3.63, 3.8) is 0 Å². The van der Waals surface area contributed by atoms with Gasteiger partial charge in [-0.3, -0.25) is 9.79 Å². The first-order chi connectivity index (χ1) is 18.3. The topological polar surface area (TPSA) is 47.9 Å². The smallest absolute Gasteiger partial charge is 0.262 e. The lowest BCUT2D eigenvalue weighted by Gasteiger charge is -2.34. The van der Waals surface area contributed by atoms with Crippen LogP contribution in [0.4, 0.5) is 11.4 Å². The highest BCUT2D eigenvalue weighted by Crippen LogP contribution is 2.54. The van der Waals surface area contributed by atoms with E-state index < -0.39 is 0 Å². The number of hydrogen-bond donors (Lipinski definition) is 1. The number of anilines is 1. The fourth-order valence-corrected chi connectivity index (χ4v) is 6.67. The molecule has 0 saturated heterocycles. The van der Waals surface area contributed by atoms with E-state index in [-0.39, 0.29) is 22.5 Å². The van der Waals surface area contributed by atoms with Crippen LogP contribution in [0.5, 0.6) is 0 Å². The number of para-hydroxylation sites is 2. The Morgan fingerprint density at radius 2 is 2.03 bits per heavy atom. The number of allylic oxidation sites excluding steroid dienone is 4. The zero-order chi connectivity index (χ0) is 27.7. The third-order valence-corrected chi connectivity index (χ3v) is 9.20. The molecule has 0 bridgehead atoms. The van der Waals surface area contributed by atoms with Gasteiger partial charge in [0.2, 0.25) is 0 Å². The van der Waals surface area contributed by atoms with Gasteiger partial charge in [0.05, 0.1) is 22.9 Å². The number of aliphatic imine (C=N–C) groups is 1. The predicted octanol–water partition coefficient (Wildman–Crippen LogP) is 7.30. The highest BCUT2D eigenvalue weighted by atomic mass is 35.5. The molecular formula is C31H43ClN4OS. The molecule has 206 valence electrons. The van der Waals surface area contributed by atoms with Gasteiger partial charge in [0.1, 0.15) is 0 Å². The predicted molar refractivity (Wildman–Crippen MR) is 167 cm³/mol. The summed E-state index contributed by atoms with van der Waals surface area (Å²) in [7, 11) is 0. The van der Waals surface area contributed by atoms with E-state index in [0.717, 1.165) is 49.3 Å². The highest BCUT2D eigenvalue weighted by molar-refractivity contribution is 8.05. The van der Waals surface area contributed by atoms with E-state index in [2.05, 4.69) is 68.4 Å². The molecule has 5 nitrogen and oxygen atoms in total. The van der Waals surface area contributed by atoms with Gasteiger partial charge in [-0.15, -0.1) is 11.8 Å². The van der Waals surface area contributed by atoms with Crippen molar-refractivity contribution in [2.24, 2.45) is 16.8 Å². The first kappa shape index (κ1) is 30.3. The van der Waals surface area contributed by atoms with Gasteiger partial charge in [-0.2, -0.15) is 0 Å². The summed E-state index contributed by atoms with van der Waals surface area (Å²) < 4.78 is -0.235. The number of halogens is 1. The zero-order valence-electron chi connectivity index (χ0n) is 23.4. The lowest BCUT2D eigenvalue weighted by molar-refractivity contribution is -0.126. The molecule has 0 radical (unpaired) electrons. The van der Waals surface area contributed by atoms with Crippen LogP contribution in [-0.2, 0) is 4.79 Å². The first-order valence-corrected chi connectivity index (χ1v) is 14.9. The van der Waals surface area contributed by atoms with E-state index in [0.29, 0.717) is 29.7 Å². The molecule has 3 atom stereocenters. The lowest BCUT2D eigenvalue weighted by atomic mass is 9.89. The molecule has 3 unspecified atom stereocenters. The number of fused-ring (bicyclic) bond motifs is 1. The van der Waals surface area contributed by atoms with Crippen molar-refractivity contribution >= 4 is 47.4 Å². The number of rotatable bonds is 15. The van der Waals surface area contributed by atoms with Gasteiger partial charge in [0.25, 0.3) is 5.91 Å². The molecule has 1 heterocycles.